The zero-order valence-corrected chi connectivity index (χ0v) is 16.4. The van der Waals surface area contributed by atoms with Crippen LogP contribution in [0.4, 0.5) is 5.69 Å². The van der Waals surface area contributed by atoms with E-state index in [0.29, 0.717) is 17.1 Å². The molecule has 1 aliphatic heterocycles. The van der Waals surface area contributed by atoms with Gasteiger partial charge in [0.2, 0.25) is 5.91 Å². The number of carbonyl (C=O) groups excluding carboxylic acids is 2. The van der Waals surface area contributed by atoms with E-state index in [1.165, 1.54) is 23.6 Å². The first kappa shape index (κ1) is 19.2. The number of nitrogens with one attached hydrogen (secondary N) is 1. The fourth-order valence-corrected chi connectivity index (χ4v) is 3.06. The van der Waals surface area contributed by atoms with E-state index in [2.05, 4.69) is 25.3 Å². The maximum Gasteiger partial charge on any atom is 0.275 e. The van der Waals surface area contributed by atoms with Crippen LogP contribution in [0.5, 0.6) is 0 Å². The summed E-state index contributed by atoms with van der Waals surface area (Å²) in [4.78, 5) is 43.2. The Hall–Kier alpha value is -4.08. The molecule has 1 aliphatic rings. The van der Waals surface area contributed by atoms with Gasteiger partial charge in [-0.15, -0.1) is 0 Å². The standard InChI is InChI=1S/C20H19N7O3/c1-20(8-17(28)27(2)19(21)26-20)16-7-13(3-5-22-16)25-18(29)15-10-23-14(9-24-15)12-4-6-30-11-12/h3-7,9-11H,8H2,1-2H3,(H2,21,26)(H,22,25,29). The van der Waals surface area contributed by atoms with E-state index in [1.54, 1.807) is 44.6 Å². The first-order chi connectivity index (χ1) is 14.4. The minimum absolute atomic E-state index is 0.121. The van der Waals surface area contributed by atoms with E-state index >= 15 is 0 Å². The number of furan rings is 1. The summed E-state index contributed by atoms with van der Waals surface area (Å²) in [6.45, 7) is 1.78. The molecule has 0 fully saturated rings. The molecule has 4 heterocycles. The molecule has 0 aromatic carbocycles. The summed E-state index contributed by atoms with van der Waals surface area (Å²) in [6, 6.07) is 5.06. The van der Waals surface area contributed by atoms with Crippen LogP contribution in [0.2, 0.25) is 0 Å². The van der Waals surface area contributed by atoms with Crippen molar-refractivity contribution in [3.05, 3.63) is 60.7 Å². The Morgan fingerprint density at radius 3 is 2.77 bits per heavy atom. The highest BCUT2D eigenvalue weighted by Gasteiger charge is 2.37. The molecule has 1 atom stereocenters. The van der Waals surface area contributed by atoms with Crippen molar-refractivity contribution < 1.29 is 14.0 Å². The number of carbonyl (C=O) groups is 2. The van der Waals surface area contributed by atoms with Crippen LogP contribution in [0.1, 0.15) is 29.5 Å². The van der Waals surface area contributed by atoms with Crippen LogP contribution in [0.15, 0.2) is 58.7 Å². The summed E-state index contributed by atoms with van der Waals surface area (Å²) < 4.78 is 5.02. The van der Waals surface area contributed by atoms with E-state index in [0.717, 1.165) is 5.56 Å². The number of aromatic nitrogens is 3. The van der Waals surface area contributed by atoms with Crippen molar-refractivity contribution in [3.63, 3.8) is 0 Å². The highest BCUT2D eigenvalue weighted by molar-refractivity contribution is 6.03. The zero-order chi connectivity index (χ0) is 21.3. The molecule has 10 heteroatoms. The van der Waals surface area contributed by atoms with Crippen LogP contribution in [0, 0.1) is 0 Å². The minimum atomic E-state index is -0.916. The Bertz CT molecular complexity index is 1130. The predicted molar refractivity (Wildman–Crippen MR) is 108 cm³/mol. The van der Waals surface area contributed by atoms with E-state index in [9.17, 15) is 9.59 Å². The van der Waals surface area contributed by atoms with Crippen LogP contribution >= 0.6 is 0 Å². The van der Waals surface area contributed by atoms with E-state index in [1.807, 2.05) is 0 Å². The molecule has 152 valence electrons. The molecule has 10 nitrogen and oxygen atoms in total. The lowest BCUT2D eigenvalue weighted by molar-refractivity contribution is -0.128. The van der Waals surface area contributed by atoms with Crippen molar-refractivity contribution in [1.29, 1.82) is 0 Å². The third-order valence-electron chi connectivity index (χ3n) is 4.85. The van der Waals surface area contributed by atoms with Gasteiger partial charge in [0.1, 0.15) is 11.2 Å². The number of anilines is 1. The summed E-state index contributed by atoms with van der Waals surface area (Å²) in [5.74, 6) is -0.460. The van der Waals surface area contributed by atoms with Gasteiger partial charge in [0.05, 0.1) is 42.7 Å². The molecule has 30 heavy (non-hydrogen) atoms. The molecule has 4 rings (SSSR count). The minimum Gasteiger partial charge on any atom is -0.472 e. The average molecular weight is 405 g/mol. The summed E-state index contributed by atoms with van der Waals surface area (Å²) in [6.07, 6.45) is 7.64. The number of hydrogen-bond donors (Lipinski definition) is 2. The SMILES string of the molecule is CN1C(=O)CC(C)(c2cc(NC(=O)c3cnc(-c4ccoc4)cn3)ccn2)N=C1N. The lowest BCUT2D eigenvalue weighted by Crippen LogP contribution is -2.47. The van der Waals surface area contributed by atoms with Gasteiger partial charge in [-0.2, -0.15) is 0 Å². The van der Waals surface area contributed by atoms with Crippen LogP contribution in [0.25, 0.3) is 11.3 Å². The summed E-state index contributed by atoms with van der Waals surface area (Å²) in [5, 5.41) is 2.77. The molecule has 0 bridgehead atoms. The van der Waals surface area contributed by atoms with Gasteiger partial charge in [0.15, 0.2) is 5.96 Å². The summed E-state index contributed by atoms with van der Waals surface area (Å²) in [5.41, 5.74) is 7.48. The monoisotopic (exact) mass is 405 g/mol. The maximum absolute atomic E-state index is 12.6. The Kier molecular flexibility index (Phi) is 4.74. The van der Waals surface area contributed by atoms with Crippen molar-refractivity contribution in [2.45, 2.75) is 18.9 Å². The van der Waals surface area contributed by atoms with E-state index in [4.69, 9.17) is 10.2 Å². The fourth-order valence-electron chi connectivity index (χ4n) is 3.06. The molecule has 3 N–H and O–H groups in total. The topological polar surface area (TPSA) is 140 Å². The third-order valence-corrected chi connectivity index (χ3v) is 4.85. The van der Waals surface area contributed by atoms with Gasteiger partial charge in [-0.25, -0.2) is 9.98 Å². The molecule has 2 amide bonds. The number of nitrogens with zero attached hydrogens (tertiary/aromatic N) is 5. The highest BCUT2D eigenvalue weighted by Crippen LogP contribution is 2.32. The predicted octanol–water partition coefficient (Wildman–Crippen LogP) is 1.78. The molecular weight excluding hydrogens is 386 g/mol. The Balaban J connectivity index is 1.53. The first-order valence-electron chi connectivity index (χ1n) is 9.10. The Morgan fingerprint density at radius 2 is 2.10 bits per heavy atom. The second-order valence-electron chi connectivity index (χ2n) is 7.06. The van der Waals surface area contributed by atoms with Gasteiger partial charge >= 0.3 is 0 Å². The summed E-state index contributed by atoms with van der Waals surface area (Å²) >= 11 is 0. The van der Waals surface area contributed by atoms with E-state index in [-0.39, 0.29) is 24.0 Å². The second kappa shape index (κ2) is 7.39. The number of pyridine rings is 1. The van der Waals surface area contributed by atoms with Crippen LogP contribution in [-0.2, 0) is 10.3 Å². The molecule has 0 spiro atoms. The molecule has 1 unspecified atom stereocenters. The quantitative estimate of drug-likeness (QED) is 0.674. The number of nitrogens with two attached hydrogens (primary N) is 1. The van der Waals surface area contributed by atoms with Crippen molar-refractivity contribution in [2.24, 2.45) is 10.7 Å². The number of guanidine groups is 1. The highest BCUT2D eigenvalue weighted by atomic mass is 16.3. The number of hydrogen-bond acceptors (Lipinski definition) is 8. The first-order valence-corrected chi connectivity index (χ1v) is 9.10. The van der Waals surface area contributed by atoms with Crippen molar-refractivity contribution in [1.82, 2.24) is 19.9 Å². The normalized spacial score (nSPS) is 18.8. The smallest absolute Gasteiger partial charge is 0.275 e. The van der Waals surface area contributed by atoms with Gasteiger partial charge in [0, 0.05) is 24.5 Å². The Morgan fingerprint density at radius 1 is 1.27 bits per heavy atom. The molecule has 3 aromatic rings. The third kappa shape index (κ3) is 3.62. The van der Waals surface area contributed by atoms with Gasteiger partial charge in [0.25, 0.3) is 5.91 Å². The molecule has 0 saturated carbocycles. The van der Waals surface area contributed by atoms with Crippen LogP contribution in [-0.4, -0.2) is 44.7 Å². The van der Waals surface area contributed by atoms with Gasteiger partial charge < -0.3 is 15.5 Å². The largest absolute Gasteiger partial charge is 0.472 e. The van der Waals surface area contributed by atoms with E-state index < -0.39 is 11.4 Å². The molecule has 3 aromatic heterocycles. The number of aliphatic imine (C=N–C) groups is 1. The lowest BCUT2D eigenvalue weighted by Gasteiger charge is -2.32. The van der Waals surface area contributed by atoms with Crippen molar-refractivity contribution >= 4 is 23.5 Å². The van der Waals surface area contributed by atoms with Crippen molar-refractivity contribution in [2.75, 3.05) is 12.4 Å². The van der Waals surface area contributed by atoms with Gasteiger partial charge in [-0.05, 0) is 25.1 Å². The van der Waals surface area contributed by atoms with Crippen molar-refractivity contribution in [3.8, 4) is 11.3 Å². The Labute approximate surface area is 171 Å². The maximum atomic E-state index is 12.6. The molecule has 0 aliphatic carbocycles. The number of rotatable bonds is 4. The zero-order valence-electron chi connectivity index (χ0n) is 16.4. The van der Waals surface area contributed by atoms with Crippen LogP contribution in [0.3, 0.4) is 0 Å². The molecule has 0 radical (unpaired) electrons. The molecular formula is C20H19N7O3. The fraction of sp³-hybridized carbons (Fsp3) is 0.200. The van der Waals surface area contributed by atoms with Gasteiger partial charge in [-0.3, -0.25) is 24.5 Å². The molecule has 0 saturated heterocycles. The summed E-state index contributed by atoms with van der Waals surface area (Å²) in [7, 11) is 1.57. The second-order valence-corrected chi connectivity index (χ2v) is 7.06. The lowest BCUT2D eigenvalue weighted by atomic mass is 9.91. The van der Waals surface area contributed by atoms with Gasteiger partial charge in [-0.1, -0.05) is 0 Å². The number of amides is 2. The van der Waals surface area contributed by atoms with Crippen LogP contribution < -0.4 is 11.1 Å². The average Bonchev–Trinajstić information content (AvgIpc) is 3.27.